The standard InChI is InChI=1S/C12H13F2N3S/c1-17(12-16-6-9(5-15)18-12)7-8-2-3-10(13)11(14)4-8/h2-4,6H,5,7,15H2,1H3. The summed E-state index contributed by atoms with van der Waals surface area (Å²) in [6.07, 6.45) is 1.72. The molecule has 1 aromatic heterocycles. The summed E-state index contributed by atoms with van der Waals surface area (Å²) in [6.45, 7) is 0.922. The molecule has 0 fully saturated rings. The number of aromatic nitrogens is 1. The molecule has 2 N–H and O–H groups in total. The van der Waals surface area contributed by atoms with Crippen molar-refractivity contribution in [2.45, 2.75) is 13.1 Å². The molecule has 0 saturated heterocycles. The normalized spacial score (nSPS) is 10.7. The molecule has 2 rings (SSSR count). The average molecular weight is 269 g/mol. The van der Waals surface area contributed by atoms with Gasteiger partial charge in [0, 0.05) is 31.2 Å². The number of hydrogen-bond acceptors (Lipinski definition) is 4. The van der Waals surface area contributed by atoms with Crippen molar-refractivity contribution in [2.75, 3.05) is 11.9 Å². The predicted octanol–water partition coefficient (Wildman–Crippen LogP) is 2.52. The van der Waals surface area contributed by atoms with Crippen LogP contribution in [0.25, 0.3) is 0 Å². The largest absolute Gasteiger partial charge is 0.347 e. The lowest BCUT2D eigenvalue weighted by Gasteiger charge is -2.15. The molecule has 0 aliphatic rings. The number of nitrogens with two attached hydrogens (primary N) is 1. The van der Waals surface area contributed by atoms with Gasteiger partial charge in [0.25, 0.3) is 0 Å². The zero-order chi connectivity index (χ0) is 13.1. The van der Waals surface area contributed by atoms with Gasteiger partial charge in [-0.2, -0.15) is 0 Å². The van der Waals surface area contributed by atoms with E-state index in [0.29, 0.717) is 18.7 Å². The van der Waals surface area contributed by atoms with Crippen LogP contribution < -0.4 is 10.6 Å². The van der Waals surface area contributed by atoms with E-state index in [1.165, 1.54) is 17.4 Å². The first-order valence-corrected chi connectivity index (χ1v) is 6.21. The van der Waals surface area contributed by atoms with Crippen LogP contribution in [-0.4, -0.2) is 12.0 Å². The minimum atomic E-state index is -0.832. The van der Waals surface area contributed by atoms with Crippen LogP contribution in [0, 0.1) is 11.6 Å². The van der Waals surface area contributed by atoms with Crippen molar-refractivity contribution in [2.24, 2.45) is 5.73 Å². The van der Waals surface area contributed by atoms with Gasteiger partial charge < -0.3 is 10.6 Å². The molecule has 0 amide bonds. The van der Waals surface area contributed by atoms with Crippen LogP contribution >= 0.6 is 11.3 Å². The minimum Gasteiger partial charge on any atom is -0.347 e. The Labute approximate surface area is 108 Å². The Hall–Kier alpha value is -1.53. The summed E-state index contributed by atoms with van der Waals surface area (Å²) >= 11 is 1.49. The third-order valence-electron chi connectivity index (χ3n) is 2.47. The number of thiazole rings is 1. The van der Waals surface area contributed by atoms with E-state index in [1.54, 1.807) is 12.3 Å². The van der Waals surface area contributed by atoms with Crippen LogP contribution in [0.2, 0.25) is 0 Å². The summed E-state index contributed by atoms with van der Waals surface area (Å²) < 4.78 is 25.9. The Kier molecular flexibility index (Phi) is 3.88. The van der Waals surface area contributed by atoms with Crippen molar-refractivity contribution in [3.8, 4) is 0 Å². The molecule has 96 valence electrons. The van der Waals surface area contributed by atoms with Crippen molar-refractivity contribution in [1.29, 1.82) is 0 Å². The third-order valence-corrected chi connectivity index (χ3v) is 3.61. The third kappa shape index (κ3) is 2.83. The maximum atomic E-state index is 13.1. The van der Waals surface area contributed by atoms with Crippen LogP contribution in [0.3, 0.4) is 0 Å². The van der Waals surface area contributed by atoms with Crippen molar-refractivity contribution in [1.82, 2.24) is 4.98 Å². The Balaban J connectivity index is 2.10. The fraction of sp³-hybridized carbons (Fsp3) is 0.250. The molecule has 1 heterocycles. The van der Waals surface area contributed by atoms with Crippen LogP contribution in [-0.2, 0) is 13.1 Å². The first-order valence-electron chi connectivity index (χ1n) is 5.40. The smallest absolute Gasteiger partial charge is 0.185 e. The summed E-state index contributed by atoms with van der Waals surface area (Å²) in [4.78, 5) is 7.08. The molecular weight excluding hydrogens is 256 g/mol. The maximum absolute atomic E-state index is 13.1. The molecule has 18 heavy (non-hydrogen) atoms. The van der Waals surface area contributed by atoms with Crippen molar-refractivity contribution in [3.05, 3.63) is 46.5 Å². The van der Waals surface area contributed by atoms with Gasteiger partial charge in [0.05, 0.1) is 0 Å². The molecule has 0 unspecified atom stereocenters. The number of benzene rings is 1. The Morgan fingerprint density at radius 1 is 1.33 bits per heavy atom. The maximum Gasteiger partial charge on any atom is 0.185 e. The summed E-state index contributed by atoms with van der Waals surface area (Å²) in [5, 5.41) is 0.806. The summed E-state index contributed by atoms with van der Waals surface area (Å²) in [7, 11) is 1.85. The molecule has 0 radical (unpaired) electrons. The molecular formula is C12H13F2N3S. The van der Waals surface area contributed by atoms with Crippen LogP contribution in [0.1, 0.15) is 10.4 Å². The second-order valence-electron chi connectivity index (χ2n) is 3.92. The lowest BCUT2D eigenvalue weighted by molar-refractivity contribution is 0.507. The van der Waals surface area contributed by atoms with Gasteiger partial charge >= 0.3 is 0 Å². The van der Waals surface area contributed by atoms with Crippen molar-refractivity contribution < 1.29 is 8.78 Å². The second-order valence-corrected chi connectivity index (χ2v) is 5.01. The van der Waals surface area contributed by atoms with E-state index in [0.717, 1.165) is 16.1 Å². The van der Waals surface area contributed by atoms with Crippen molar-refractivity contribution >= 4 is 16.5 Å². The van der Waals surface area contributed by atoms with E-state index in [2.05, 4.69) is 4.98 Å². The van der Waals surface area contributed by atoms with E-state index in [9.17, 15) is 8.78 Å². The molecule has 0 aliphatic heterocycles. The van der Waals surface area contributed by atoms with E-state index in [4.69, 9.17) is 5.73 Å². The number of hydrogen-bond donors (Lipinski definition) is 1. The van der Waals surface area contributed by atoms with Crippen LogP contribution in [0.4, 0.5) is 13.9 Å². The van der Waals surface area contributed by atoms with E-state index in [-0.39, 0.29) is 0 Å². The number of nitrogens with zero attached hydrogens (tertiary/aromatic N) is 2. The van der Waals surface area contributed by atoms with Gasteiger partial charge in [0.2, 0.25) is 0 Å². The fourth-order valence-electron chi connectivity index (χ4n) is 1.55. The molecule has 0 saturated carbocycles. The Morgan fingerprint density at radius 2 is 2.11 bits per heavy atom. The van der Waals surface area contributed by atoms with Crippen LogP contribution in [0.5, 0.6) is 0 Å². The fourth-order valence-corrected chi connectivity index (χ4v) is 2.30. The number of rotatable bonds is 4. The highest BCUT2D eigenvalue weighted by Gasteiger charge is 2.09. The van der Waals surface area contributed by atoms with Gasteiger partial charge in [-0.15, -0.1) is 11.3 Å². The van der Waals surface area contributed by atoms with Gasteiger partial charge in [-0.05, 0) is 17.7 Å². The highest BCUT2D eigenvalue weighted by molar-refractivity contribution is 7.15. The molecule has 6 heteroatoms. The molecule has 0 aliphatic carbocycles. The summed E-state index contributed by atoms with van der Waals surface area (Å²) in [5.41, 5.74) is 6.21. The zero-order valence-corrected chi connectivity index (χ0v) is 10.7. The monoisotopic (exact) mass is 269 g/mol. The molecule has 0 spiro atoms. The van der Waals surface area contributed by atoms with E-state index >= 15 is 0 Å². The van der Waals surface area contributed by atoms with Crippen LogP contribution in [0.15, 0.2) is 24.4 Å². The van der Waals surface area contributed by atoms with Crippen molar-refractivity contribution in [3.63, 3.8) is 0 Å². The lowest BCUT2D eigenvalue weighted by atomic mass is 10.2. The highest BCUT2D eigenvalue weighted by Crippen LogP contribution is 2.22. The summed E-state index contributed by atoms with van der Waals surface area (Å²) in [5.74, 6) is -1.66. The zero-order valence-electron chi connectivity index (χ0n) is 9.86. The molecule has 3 nitrogen and oxygen atoms in total. The molecule has 0 atom stereocenters. The first-order chi connectivity index (χ1) is 8.60. The van der Waals surface area contributed by atoms with Gasteiger partial charge in [0.1, 0.15) is 0 Å². The van der Waals surface area contributed by atoms with E-state index < -0.39 is 11.6 Å². The molecule has 0 bridgehead atoms. The molecule has 2 aromatic rings. The second kappa shape index (κ2) is 5.41. The van der Waals surface area contributed by atoms with Gasteiger partial charge in [-0.25, -0.2) is 13.8 Å². The number of anilines is 1. The number of halogens is 2. The van der Waals surface area contributed by atoms with Gasteiger partial charge in [0.15, 0.2) is 16.8 Å². The van der Waals surface area contributed by atoms with Gasteiger partial charge in [-0.1, -0.05) is 6.07 Å². The summed E-state index contributed by atoms with van der Waals surface area (Å²) in [6, 6.07) is 3.89. The Bertz CT molecular complexity index is 542. The Morgan fingerprint density at radius 3 is 2.72 bits per heavy atom. The van der Waals surface area contributed by atoms with E-state index in [1.807, 2.05) is 11.9 Å². The minimum absolute atomic E-state index is 0.455. The first kappa shape index (κ1) is 12.9. The molecule has 1 aromatic carbocycles. The SMILES string of the molecule is CN(Cc1ccc(F)c(F)c1)c1ncc(CN)s1. The topological polar surface area (TPSA) is 42.2 Å². The highest BCUT2D eigenvalue weighted by atomic mass is 32.1. The quantitative estimate of drug-likeness (QED) is 0.927. The predicted molar refractivity (Wildman–Crippen MR) is 68.5 cm³/mol. The average Bonchev–Trinajstić information content (AvgIpc) is 2.82. The lowest BCUT2D eigenvalue weighted by Crippen LogP contribution is -2.16. The van der Waals surface area contributed by atoms with Gasteiger partial charge in [-0.3, -0.25) is 0 Å².